The van der Waals surface area contributed by atoms with E-state index in [1.807, 2.05) is 0 Å². The van der Waals surface area contributed by atoms with Gasteiger partial charge < -0.3 is 5.32 Å². The summed E-state index contributed by atoms with van der Waals surface area (Å²) in [7, 11) is -3.85. The Bertz CT molecular complexity index is 714. The number of rotatable bonds is 4. The van der Waals surface area contributed by atoms with Crippen molar-refractivity contribution in [1.29, 1.82) is 0 Å². The van der Waals surface area contributed by atoms with E-state index in [2.05, 4.69) is 5.32 Å². The monoisotopic (exact) mass is 293 g/mol. The number of carbonyl (C=O) groups is 1. The van der Waals surface area contributed by atoms with E-state index >= 15 is 0 Å². The number of hydrogen-bond acceptors (Lipinski definition) is 3. The van der Waals surface area contributed by atoms with E-state index in [1.165, 1.54) is 12.1 Å². The molecule has 104 valence electrons. The topological polar surface area (TPSA) is 63.2 Å². The number of carbonyl (C=O) groups excluding carboxylic acids is 1. The largest absolute Gasteiger partial charge is 0.325 e. The van der Waals surface area contributed by atoms with E-state index in [0.717, 1.165) is 12.1 Å². The quantitative estimate of drug-likeness (QED) is 0.940. The summed E-state index contributed by atoms with van der Waals surface area (Å²) in [5.74, 6) is -2.05. The molecule has 6 heteroatoms. The van der Waals surface area contributed by atoms with Crippen LogP contribution in [0, 0.1) is 5.82 Å². The van der Waals surface area contributed by atoms with Crippen LogP contribution in [-0.4, -0.2) is 20.1 Å². The van der Waals surface area contributed by atoms with Gasteiger partial charge in [0.2, 0.25) is 5.91 Å². The molecular formula is C14H12FNO3S. The molecule has 0 saturated carbocycles. The highest BCUT2D eigenvalue weighted by Crippen LogP contribution is 2.13. The summed E-state index contributed by atoms with van der Waals surface area (Å²) in [6, 6.07) is 13.1. The van der Waals surface area contributed by atoms with Crippen LogP contribution in [-0.2, 0) is 14.6 Å². The molecule has 4 nitrogen and oxygen atoms in total. The Hall–Kier alpha value is -2.21. The van der Waals surface area contributed by atoms with Gasteiger partial charge in [0.1, 0.15) is 11.6 Å². The molecule has 0 unspecified atom stereocenters. The zero-order chi connectivity index (χ0) is 14.6. The summed E-state index contributed by atoms with van der Waals surface area (Å²) in [5, 5.41) is 2.47. The van der Waals surface area contributed by atoms with Gasteiger partial charge in [0, 0.05) is 5.69 Å². The zero-order valence-corrected chi connectivity index (χ0v) is 11.2. The molecule has 0 aliphatic heterocycles. The highest BCUT2D eigenvalue weighted by Gasteiger charge is 2.19. The Morgan fingerprint density at radius 3 is 2.40 bits per heavy atom. The van der Waals surface area contributed by atoms with Gasteiger partial charge in [0.05, 0.1) is 4.90 Å². The smallest absolute Gasteiger partial charge is 0.239 e. The van der Waals surface area contributed by atoms with Crippen molar-refractivity contribution in [2.75, 3.05) is 11.1 Å². The van der Waals surface area contributed by atoms with Crippen molar-refractivity contribution in [1.82, 2.24) is 0 Å². The summed E-state index contributed by atoms with van der Waals surface area (Å²) in [6.45, 7) is 0. The first kappa shape index (κ1) is 14.2. The maximum absolute atomic E-state index is 13.0. The predicted molar refractivity (Wildman–Crippen MR) is 73.5 cm³/mol. The molecule has 0 aliphatic rings. The normalized spacial score (nSPS) is 11.1. The summed E-state index contributed by atoms with van der Waals surface area (Å²) in [4.78, 5) is 11.5. The molecule has 0 bridgehead atoms. The second kappa shape index (κ2) is 5.83. The zero-order valence-electron chi connectivity index (χ0n) is 10.4. The number of anilines is 1. The van der Waals surface area contributed by atoms with Crippen LogP contribution in [0.4, 0.5) is 10.1 Å². The SMILES string of the molecule is O=C(CS(=O)(=O)c1cccc(F)c1)Nc1ccccc1. The average Bonchev–Trinajstić information content (AvgIpc) is 2.39. The van der Waals surface area contributed by atoms with Crippen LogP contribution in [0.2, 0.25) is 0 Å². The number of halogens is 1. The van der Waals surface area contributed by atoms with Crippen molar-refractivity contribution in [3.8, 4) is 0 Å². The number of sulfone groups is 1. The van der Waals surface area contributed by atoms with Crippen LogP contribution >= 0.6 is 0 Å². The van der Waals surface area contributed by atoms with E-state index in [0.29, 0.717) is 5.69 Å². The summed E-state index contributed by atoms with van der Waals surface area (Å²) in [5.41, 5.74) is 0.506. The van der Waals surface area contributed by atoms with Crippen molar-refractivity contribution in [3.05, 3.63) is 60.4 Å². The second-order valence-corrected chi connectivity index (χ2v) is 6.12. The van der Waals surface area contributed by atoms with Crippen LogP contribution in [0.25, 0.3) is 0 Å². The summed E-state index contributed by atoms with van der Waals surface area (Å²) >= 11 is 0. The maximum Gasteiger partial charge on any atom is 0.239 e. The van der Waals surface area contributed by atoms with Crippen molar-refractivity contribution in [2.45, 2.75) is 4.90 Å². The highest BCUT2D eigenvalue weighted by molar-refractivity contribution is 7.92. The molecule has 1 N–H and O–H groups in total. The third kappa shape index (κ3) is 3.64. The lowest BCUT2D eigenvalue weighted by molar-refractivity contribution is -0.113. The fraction of sp³-hybridized carbons (Fsp3) is 0.0714. The van der Waals surface area contributed by atoms with E-state index in [9.17, 15) is 17.6 Å². The molecule has 1 amide bonds. The van der Waals surface area contributed by atoms with Gasteiger partial charge in [-0.15, -0.1) is 0 Å². The van der Waals surface area contributed by atoms with Gasteiger partial charge in [-0.05, 0) is 30.3 Å². The van der Waals surface area contributed by atoms with Crippen LogP contribution in [0.5, 0.6) is 0 Å². The fourth-order valence-corrected chi connectivity index (χ4v) is 2.80. The van der Waals surface area contributed by atoms with Gasteiger partial charge in [-0.2, -0.15) is 0 Å². The van der Waals surface area contributed by atoms with Crippen LogP contribution in [0.3, 0.4) is 0 Å². The Kier molecular flexibility index (Phi) is 4.14. The molecule has 0 fully saturated rings. The number of para-hydroxylation sites is 1. The minimum atomic E-state index is -3.85. The Morgan fingerprint density at radius 1 is 1.05 bits per heavy atom. The first-order chi connectivity index (χ1) is 9.47. The first-order valence-electron chi connectivity index (χ1n) is 5.80. The number of nitrogens with one attached hydrogen (secondary N) is 1. The molecule has 0 saturated heterocycles. The van der Waals surface area contributed by atoms with E-state index in [4.69, 9.17) is 0 Å². The van der Waals surface area contributed by atoms with Crippen molar-refractivity contribution in [3.63, 3.8) is 0 Å². The van der Waals surface area contributed by atoms with Crippen LogP contribution in [0.15, 0.2) is 59.5 Å². The number of hydrogen-bond donors (Lipinski definition) is 1. The standard InChI is InChI=1S/C14H12FNO3S/c15-11-5-4-8-13(9-11)20(18,19)10-14(17)16-12-6-2-1-3-7-12/h1-9H,10H2,(H,16,17). The molecule has 0 spiro atoms. The van der Waals surface area contributed by atoms with Gasteiger partial charge in [-0.25, -0.2) is 12.8 Å². The lowest BCUT2D eigenvalue weighted by Crippen LogP contribution is -2.23. The van der Waals surface area contributed by atoms with Gasteiger partial charge in [-0.3, -0.25) is 4.79 Å². The fourth-order valence-electron chi connectivity index (χ4n) is 1.63. The minimum Gasteiger partial charge on any atom is -0.325 e. The first-order valence-corrected chi connectivity index (χ1v) is 7.46. The molecule has 0 aliphatic carbocycles. The second-order valence-electron chi connectivity index (χ2n) is 4.13. The predicted octanol–water partition coefficient (Wildman–Crippen LogP) is 2.24. The molecule has 0 atom stereocenters. The van der Waals surface area contributed by atoms with Crippen molar-refractivity contribution in [2.24, 2.45) is 0 Å². The van der Waals surface area contributed by atoms with Crippen molar-refractivity contribution >= 4 is 21.4 Å². The molecule has 2 aromatic carbocycles. The third-order valence-electron chi connectivity index (χ3n) is 2.53. The van der Waals surface area contributed by atoms with E-state index in [-0.39, 0.29) is 4.90 Å². The molecule has 20 heavy (non-hydrogen) atoms. The highest BCUT2D eigenvalue weighted by atomic mass is 32.2. The van der Waals surface area contributed by atoms with Crippen LogP contribution < -0.4 is 5.32 Å². The van der Waals surface area contributed by atoms with Crippen LogP contribution in [0.1, 0.15) is 0 Å². The Labute approximate surface area is 116 Å². The Morgan fingerprint density at radius 2 is 1.75 bits per heavy atom. The molecule has 0 radical (unpaired) electrons. The summed E-state index contributed by atoms with van der Waals surface area (Å²) in [6.07, 6.45) is 0. The average molecular weight is 293 g/mol. The van der Waals surface area contributed by atoms with Crippen molar-refractivity contribution < 1.29 is 17.6 Å². The van der Waals surface area contributed by atoms with Gasteiger partial charge in [0.25, 0.3) is 0 Å². The lowest BCUT2D eigenvalue weighted by atomic mass is 10.3. The number of amides is 1. The van der Waals surface area contributed by atoms with E-state index < -0.39 is 27.3 Å². The summed E-state index contributed by atoms with van der Waals surface area (Å²) < 4.78 is 36.9. The van der Waals surface area contributed by atoms with Gasteiger partial charge in [-0.1, -0.05) is 24.3 Å². The Balaban J connectivity index is 2.11. The van der Waals surface area contributed by atoms with E-state index in [1.54, 1.807) is 30.3 Å². The molecule has 2 aromatic rings. The minimum absolute atomic E-state index is 0.208. The van der Waals surface area contributed by atoms with Gasteiger partial charge in [0.15, 0.2) is 9.84 Å². The molecule has 0 aromatic heterocycles. The lowest BCUT2D eigenvalue weighted by Gasteiger charge is -2.06. The number of benzene rings is 2. The molecular weight excluding hydrogens is 281 g/mol. The van der Waals surface area contributed by atoms with Gasteiger partial charge >= 0.3 is 0 Å². The molecule has 2 rings (SSSR count). The molecule has 0 heterocycles. The maximum atomic E-state index is 13.0. The third-order valence-corrected chi connectivity index (χ3v) is 4.15.